The van der Waals surface area contributed by atoms with Gasteiger partial charge in [-0.2, -0.15) is 0 Å². The largest absolute Gasteiger partial charge is 0.497 e. The van der Waals surface area contributed by atoms with E-state index in [4.69, 9.17) is 14.9 Å². The zero-order valence-electron chi connectivity index (χ0n) is 11.1. The Hall–Kier alpha value is -3.09. The number of non-ortho nitro benzene ring substituents is 1. The molecule has 0 aliphatic carbocycles. The number of nitrogen functional groups attached to an aromatic ring is 1. The molecule has 0 aliphatic rings. The molecule has 0 radical (unpaired) electrons. The van der Waals surface area contributed by atoms with Gasteiger partial charge < -0.3 is 14.9 Å². The van der Waals surface area contributed by atoms with Gasteiger partial charge in [0.15, 0.2) is 5.58 Å². The van der Waals surface area contributed by atoms with Crippen molar-refractivity contribution in [3.8, 4) is 17.2 Å². The Balaban J connectivity index is 2.15. The molecule has 0 saturated heterocycles. The fourth-order valence-corrected chi connectivity index (χ4v) is 1.99. The van der Waals surface area contributed by atoms with Gasteiger partial charge in [0.2, 0.25) is 5.89 Å². The fraction of sp³-hybridized carbons (Fsp3) is 0.0714. The number of benzene rings is 2. The highest BCUT2D eigenvalue weighted by atomic mass is 16.6. The molecule has 0 amide bonds. The first kappa shape index (κ1) is 12.9. The van der Waals surface area contributed by atoms with E-state index >= 15 is 0 Å². The zero-order chi connectivity index (χ0) is 15.0. The van der Waals surface area contributed by atoms with E-state index in [0.29, 0.717) is 28.1 Å². The van der Waals surface area contributed by atoms with Gasteiger partial charge in [-0.15, -0.1) is 0 Å². The van der Waals surface area contributed by atoms with Crippen molar-refractivity contribution in [1.82, 2.24) is 4.98 Å². The van der Waals surface area contributed by atoms with Gasteiger partial charge in [-0.1, -0.05) is 0 Å². The van der Waals surface area contributed by atoms with Crippen LogP contribution in [-0.2, 0) is 0 Å². The van der Waals surface area contributed by atoms with Gasteiger partial charge in [0.1, 0.15) is 11.3 Å². The lowest BCUT2D eigenvalue weighted by Crippen LogP contribution is -1.93. The van der Waals surface area contributed by atoms with Crippen LogP contribution >= 0.6 is 0 Å². The summed E-state index contributed by atoms with van der Waals surface area (Å²) in [5.41, 5.74) is 7.68. The first-order chi connectivity index (χ1) is 10.1. The number of nitrogens with zero attached hydrogens (tertiary/aromatic N) is 2. The zero-order valence-corrected chi connectivity index (χ0v) is 11.1. The lowest BCUT2D eigenvalue weighted by molar-refractivity contribution is -0.384. The van der Waals surface area contributed by atoms with Crippen LogP contribution in [0.3, 0.4) is 0 Å². The average molecular weight is 285 g/mol. The second kappa shape index (κ2) is 4.78. The first-order valence-electron chi connectivity index (χ1n) is 6.07. The van der Waals surface area contributed by atoms with Crippen LogP contribution in [0.1, 0.15) is 0 Å². The Labute approximate surface area is 119 Å². The van der Waals surface area contributed by atoms with Crippen molar-refractivity contribution in [3.05, 3.63) is 46.5 Å². The van der Waals surface area contributed by atoms with Crippen LogP contribution in [0.25, 0.3) is 22.6 Å². The van der Waals surface area contributed by atoms with Crippen molar-refractivity contribution in [1.29, 1.82) is 0 Å². The molecule has 1 aromatic heterocycles. The van der Waals surface area contributed by atoms with Crippen LogP contribution in [0.15, 0.2) is 40.8 Å². The predicted octanol–water partition coefficient (Wildman–Crippen LogP) is 2.99. The van der Waals surface area contributed by atoms with Crippen molar-refractivity contribution >= 4 is 22.5 Å². The Bertz CT molecular complexity index is 841. The maximum Gasteiger partial charge on any atom is 0.270 e. The molecular weight excluding hydrogens is 274 g/mol. The number of ether oxygens (including phenoxy) is 1. The Morgan fingerprint density at radius 1 is 1.29 bits per heavy atom. The minimum absolute atomic E-state index is 0.0703. The molecule has 21 heavy (non-hydrogen) atoms. The third-order valence-corrected chi connectivity index (χ3v) is 3.07. The van der Waals surface area contributed by atoms with Gasteiger partial charge >= 0.3 is 0 Å². The number of anilines is 1. The topological polar surface area (TPSA) is 104 Å². The fourth-order valence-electron chi connectivity index (χ4n) is 1.99. The molecule has 0 saturated carbocycles. The van der Waals surface area contributed by atoms with Crippen LogP contribution in [-0.4, -0.2) is 17.0 Å². The molecule has 1 heterocycles. The average Bonchev–Trinajstić information content (AvgIpc) is 2.89. The van der Waals surface area contributed by atoms with Gasteiger partial charge in [-0.25, -0.2) is 4.98 Å². The smallest absolute Gasteiger partial charge is 0.270 e. The van der Waals surface area contributed by atoms with E-state index in [1.54, 1.807) is 25.3 Å². The van der Waals surface area contributed by atoms with Crippen LogP contribution in [0.2, 0.25) is 0 Å². The second-order valence-corrected chi connectivity index (χ2v) is 4.38. The number of hydrogen-bond acceptors (Lipinski definition) is 6. The van der Waals surface area contributed by atoms with Crippen LogP contribution < -0.4 is 10.5 Å². The number of nitrogens with two attached hydrogens (primary N) is 1. The van der Waals surface area contributed by atoms with Gasteiger partial charge in [-0.3, -0.25) is 10.1 Å². The lowest BCUT2D eigenvalue weighted by Gasteiger charge is -2.00. The summed E-state index contributed by atoms with van der Waals surface area (Å²) in [6.07, 6.45) is 0. The van der Waals surface area contributed by atoms with E-state index in [2.05, 4.69) is 4.98 Å². The summed E-state index contributed by atoms with van der Waals surface area (Å²) in [5, 5.41) is 10.8. The summed E-state index contributed by atoms with van der Waals surface area (Å²) in [6.45, 7) is 0. The number of nitro benzene ring substituents is 1. The molecule has 3 aromatic rings. The number of rotatable bonds is 3. The molecule has 0 spiro atoms. The minimum Gasteiger partial charge on any atom is -0.497 e. The summed E-state index contributed by atoms with van der Waals surface area (Å²) in [6, 6.07) is 9.33. The molecule has 2 N–H and O–H groups in total. The first-order valence-corrected chi connectivity index (χ1v) is 6.07. The van der Waals surface area contributed by atoms with Crippen molar-refractivity contribution in [2.24, 2.45) is 0 Å². The standard InChI is InChI=1S/C14H11N3O4/c1-20-9-3-5-13-12(7-9)16-14(21-13)10-6-8(17(18)19)2-4-11(10)15/h2-7H,15H2,1H3. The van der Waals surface area contributed by atoms with E-state index in [1.807, 2.05) is 0 Å². The summed E-state index contributed by atoms with van der Waals surface area (Å²) < 4.78 is 10.7. The highest BCUT2D eigenvalue weighted by Gasteiger charge is 2.16. The van der Waals surface area contributed by atoms with Gasteiger partial charge in [0, 0.05) is 23.9 Å². The SMILES string of the molecule is COc1ccc2oc(-c3cc([N+](=O)[O-])ccc3N)nc2c1. The Morgan fingerprint density at radius 2 is 2.10 bits per heavy atom. The van der Waals surface area contributed by atoms with E-state index in [-0.39, 0.29) is 11.6 Å². The number of hydrogen-bond donors (Lipinski definition) is 1. The van der Waals surface area contributed by atoms with Crippen molar-refractivity contribution < 1.29 is 14.1 Å². The molecule has 0 atom stereocenters. The van der Waals surface area contributed by atoms with Crippen molar-refractivity contribution in [3.63, 3.8) is 0 Å². The number of methoxy groups -OCH3 is 1. The van der Waals surface area contributed by atoms with Crippen molar-refractivity contribution in [2.45, 2.75) is 0 Å². The number of fused-ring (bicyclic) bond motifs is 1. The molecule has 0 bridgehead atoms. The van der Waals surface area contributed by atoms with Crippen LogP contribution in [0, 0.1) is 10.1 Å². The molecule has 7 heteroatoms. The summed E-state index contributed by atoms with van der Waals surface area (Å²) in [7, 11) is 1.56. The highest BCUT2D eigenvalue weighted by molar-refractivity contribution is 5.81. The molecule has 7 nitrogen and oxygen atoms in total. The molecule has 2 aromatic carbocycles. The monoisotopic (exact) mass is 285 g/mol. The van der Waals surface area contributed by atoms with Crippen LogP contribution in [0.5, 0.6) is 5.75 Å². The molecule has 0 aliphatic heterocycles. The number of aromatic nitrogens is 1. The summed E-state index contributed by atoms with van der Waals surface area (Å²) >= 11 is 0. The molecule has 3 rings (SSSR count). The normalized spacial score (nSPS) is 10.7. The third kappa shape index (κ3) is 2.25. The second-order valence-electron chi connectivity index (χ2n) is 4.38. The van der Waals surface area contributed by atoms with Crippen LogP contribution in [0.4, 0.5) is 11.4 Å². The predicted molar refractivity (Wildman–Crippen MR) is 77.1 cm³/mol. The molecular formula is C14H11N3O4. The minimum atomic E-state index is -0.491. The Morgan fingerprint density at radius 3 is 2.81 bits per heavy atom. The lowest BCUT2D eigenvalue weighted by atomic mass is 10.1. The maximum absolute atomic E-state index is 10.8. The van der Waals surface area contributed by atoms with Gasteiger partial charge in [-0.05, 0) is 18.2 Å². The molecule has 0 fully saturated rings. The number of nitro groups is 1. The number of oxazole rings is 1. The van der Waals surface area contributed by atoms with E-state index in [9.17, 15) is 10.1 Å². The summed E-state index contributed by atoms with van der Waals surface area (Å²) in [5.74, 6) is 0.883. The summed E-state index contributed by atoms with van der Waals surface area (Å²) in [4.78, 5) is 14.7. The quantitative estimate of drug-likeness (QED) is 0.450. The molecule has 106 valence electrons. The third-order valence-electron chi connectivity index (χ3n) is 3.07. The Kier molecular flexibility index (Phi) is 2.94. The molecule has 0 unspecified atom stereocenters. The van der Waals surface area contributed by atoms with Crippen molar-refractivity contribution in [2.75, 3.05) is 12.8 Å². The maximum atomic E-state index is 10.8. The van der Waals surface area contributed by atoms with Gasteiger partial charge in [0.05, 0.1) is 17.6 Å². The van der Waals surface area contributed by atoms with E-state index in [1.165, 1.54) is 18.2 Å². The van der Waals surface area contributed by atoms with E-state index in [0.717, 1.165) is 0 Å². The highest BCUT2D eigenvalue weighted by Crippen LogP contribution is 2.32. The van der Waals surface area contributed by atoms with E-state index < -0.39 is 4.92 Å². The van der Waals surface area contributed by atoms with Gasteiger partial charge in [0.25, 0.3) is 5.69 Å².